The largest absolute Gasteiger partial charge is 0.459 e. The number of ether oxygens (including phenoxy) is 2. The van der Waals surface area contributed by atoms with E-state index in [4.69, 9.17) is 21.7 Å². The Morgan fingerprint density at radius 2 is 1.41 bits per heavy atom. The number of hydrogen-bond acceptors (Lipinski definition) is 6. The summed E-state index contributed by atoms with van der Waals surface area (Å²) in [5.41, 5.74) is -2.06. The van der Waals surface area contributed by atoms with Crippen LogP contribution in [0.15, 0.2) is 30.3 Å². The molecule has 0 saturated carbocycles. The van der Waals surface area contributed by atoms with Gasteiger partial charge in [-0.15, -0.1) is 11.8 Å². The van der Waals surface area contributed by atoms with Crippen molar-refractivity contribution < 1.29 is 19.1 Å². The van der Waals surface area contributed by atoms with E-state index in [1.54, 1.807) is 11.8 Å². The smallest absolute Gasteiger partial charge is 0.312 e. The van der Waals surface area contributed by atoms with Gasteiger partial charge in [0, 0.05) is 23.0 Å². The molecule has 6 heteroatoms. The highest BCUT2D eigenvalue weighted by Gasteiger charge is 2.55. The molecule has 0 aliphatic carbocycles. The van der Waals surface area contributed by atoms with Crippen LogP contribution in [0, 0.1) is 16.2 Å². The second kappa shape index (κ2) is 13.2. The number of benzene rings is 1. The lowest BCUT2D eigenvalue weighted by Crippen LogP contribution is -2.53. The number of ketones is 1. The van der Waals surface area contributed by atoms with Crippen LogP contribution in [-0.4, -0.2) is 38.5 Å². The molecule has 4 nitrogen and oxygen atoms in total. The molecule has 1 atom stereocenters. The summed E-state index contributed by atoms with van der Waals surface area (Å²) in [6.07, 6.45) is 2.38. The Bertz CT molecular complexity index is 987. The van der Waals surface area contributed by atoms with Gasteiger partial charge >= 0.3 is 5.97 Å². The molecule has 0 aliphatic heterocycles. The molecule has 0 amide bonds. The van der Waals surface area contributed by atoms with Gasteiger partial charge in [0.15, 0.2) is 0 Å². The first-order valence-corrected chi connectivity index (χ1v) is 15.4. The molecule has 0 aliphatic rings. The van der Waals surface area contributed by atoms with E-state index in [1.165, 1.54) is 0 Å². The first-order chi connectivity index (χ1) is 17.5. The minimum absolute atomic E-state index is 0.204. The zero-order valence-corrected chi connectivity index (χ0v) is 28.5. The molecule has 1 rings (SSSR count). The minimum Gasteiger partial charge on any atom is -0.459 e. The summed E-state index contributed by atoms with van der Waals surface area (Å²) in [6.45, 7) is 26.8. The van der Waals surface area contributed by atoms with Crippen LogP contribution >= 0.6 is 24.0 Å². The monoisotopic (exact) mass is 578 g/mol. The number of Topliss-reactive ketones (excluding diaryl/α,β-unsaturated/α-hetero) is 1. The molecule has 0 fully saturated rings. The summed E-state index contributed by atoms with van der Waals surface area (Å²) in [4.78, 5) is 27.6. The van der Waals surface area contributed by atoms with Gasteiger partial charge in [0.2, 0.25) is 0 Å². The Morgan fingerprint density at radius 1 is 0.872 bits per heavy atom. The van der Waals surface area contributed by atoms with Crippen LogP contribution in [0.25, 0.3) is 0 Å². The van der Waals surface area contributed by atoms with Gasteiger partial charge in [-0.05, 0) is 86.1 Å². The van der Waals surface area contributed by atoms with Crippen molar-refractivity contribution in [2.75, 3.05) is 6.61 Å². The van der Waals surface area contributed by atoms with Crippen molar-refractivity contribution >= 4 is 39.9 Å². The maximum absolute atomic E-state index is 13.8. The van der Waals surface area contributed by atoms with Crippen molar-refractivity contribution in [2.45, 2.75) is 132 Å². The summed E-state index contributed by atoms with van der Waals surface area (Å²) in [6, 6.07) is 9.94. The maximum Gasteiger partial charge on any atom is 0.312 e. The topological polar surface area (TPSA) is 52.6 Å². The van der Waals surface area contributed by atoms with Crippen molar-refractivity contribution in [1.82, 2.24) is 0 Å². The standard InChI is InChI=1S/C33H54O4S2/c1-14-18-25(34)33(13,32(11,12)39-26(38)24-19-16-15-17-20-24)23-29(5,6)31(9,10)27(35)37-30(7,8)21-22-36-28(2,3)4/h15-17,19-20H,14,18,21-23H2,1-13H3. The summed E-state index contributed by atoms with van der Waals surface area (Å²) in [7, 11) is 0. The van der Waals surface area contributed by atoms with E-state index in [0.29, 0.717) is 25.9 Å². The molecule has 0 saturated heterocycles. The van der Waals surface area contributed by atoms with Crippen LogP contribution in [-0.2, 0) is 19.1 Å². The Labute approximate surface area is 248 Å². The molecular weight excluding hydrogens is 524 g/mol. The molecule has 222 valence electrons. The van der Waals surface area contributed by atoms with Crippen molar-refractivity contribution in [3.05, 3.63) is 35.9 Å². The normalized spacial score (nSPS) is 15.0. The molecule has 1 aromatic rings. The van der Waals surface area contributed by atoms with E-state index in [0.717, 1.165) is 16.2 Å². The van der Waals surface area contributed by atoms with E-state index >= 15 is 0 Å². The summed E-state index contributed by atoms with van der Waals surface area (Å²) < 4.78 is 12.2. The number of thioether (sulfide) groups is 1. The molecule has 0 heterocycles. The maximum atomic E-state index is 13.8. The van der Waals surface area contributed by atoms with Crippen LogP contribution in [0.1, 0.15) is 121 Å². The van der Waals surface area contributed by atoms with Gasteiger partial charge in [0.1, 0.15) is 11.4 Å². The van der Waals surface area contributed by atoms with E-state index in [1.807, 2.05) is 85.7 Å². The first-order valence-electron chi connectivity index (χ1n) is 14.2. The predicted molar refractivity (Wildman–Crippen MR) is 171 cm³/mol. The summed E-state index contributed by atoms with van der Waals surface area (Å²) >= 11 is 7.41. The quantitative estimate of drug-likeness (QED) is 0.162. The van der Waals surface area contributed by atoms with Gasteiger partial charge in [-0.3, -0.25) is 9.59 Å². The summed E-state index contributed by atoms with van der Waals surface area (Å²) in [5, 5.41) is 0. The highest BCUT2D eigenvalue weighted by atomic mass is 32.2. The zero-order valence-electron chi connectivity index (χ0n) is 26.9. The number of carbonyl (C=O) groups is 2. The third kappa shape index (κ3) is 9.67. The van der Waals surface area contributed by atoms with Gasteiger partial charge < -0.3 is 9.47 Å². The zero-order chi connectivity index (χ0) is 30.5. The minimum atomic E-state index is -0.844. The lowest BCUT2D eigenvalue weighted by molar-refractivity contribution is -0.178. The lowest BCUT2D eigenvalue weighted by Gasteiger charge is -2.51. The fraction of sp³-hybridized carbons (Fsp3) is 0.727. The fourth-order valence-electron chi connectivity index (χ4n) is 4.54. The molecule has 0 spiro atoms. The fourth-order valence-corrected chi connectivity index (χ4v) is 6.43. The van der Waals surface area contributed by atoms with Gasteiger partial charge in [-0.2, -0.15) is 0 Å². The van der Waals surface area contributed by atoms with Crippen molar-refractivity contribution in [1.29, 1.82) is 0 Å². The van der Waals surface area contributed by atoms with Gasteiger partial charge in [0.25, 0.3) is 0 Å². The van der Waals surface area contributed by atoms with Crippen LogP contribution in [0.2, 0.25) is 0 Å². The average molecular weight is 579 g/mol. The molecule has 1 unspecified atom stereocenters. The van der Waals surface area contributed by atoms with Gasteiger partial charge in [-0.1, -0.05) is 70.2 Å². The van der Waals surface area contributed by atoms with Gasteiger partial charge in [-0.25, -0.2) is 0 Å². The van der Waals surface area contributed by atoms with Crippen LogP contribution in [0.5, 0.6) is 0 Å². The average Bonchev–Trinajstić information content (AvgIpc) is 2.77. The number of carbonyl (C=O) groups excluding carboxylic acids is 2. The van der Waals surface area contributed by atoms with E-state index in [-0.39, 0.29) is 17.4 Å². The molecule has 0 bridgehead atoms. The van der Waals surface area contributed by atoms with Gasteiger partial charge in [0.05, 0.1) is 21.8 Å². The Morgan fingerprint density at radius 3 is 1.90 bits per heavy atom. The highest BCUT2D eigenvalue weighted by molar-refractivity contribution is 8.24. The van der Waals surface area contributed by atoms with Crippen LogP contribution < -0.4 is 0 Å². The predicted octanol–water partition coefficient (Wildman–Crippen LogP) is 9.22. The van der Waals surface area contributed by atoms with Crippen molar-refractivity contribution in [2.24, 2.45) is 16.2 Å². The van der Waals surface area contributed by atoms with Crippen LogP contribution in [0.4, 0.5) is 0 Å². The molecular formula is C33H54O4S2. The van der Waals surface area contributed by atoms with E-state index < -0.39 is 26.6 Å². The van der Waals surface area contributed by atoms with Crippen molar-refractivity contribution in [3.63, 3.8) is 0 Å². The third-order valence-electron chi connectivity index (χ3n) is 8.38. The first kappa shape index (κ1) is 35.8. The molecule has 0 aromatic heterocycles. The summed E-state index contributed by atoms with van der Waals surface area (Å²) in [5.74, 6) is -0.0564. The Kier molecular flexibility index (Phi) is 12.1. The van der Waals surface area contributed by atoms with Crippen LogP contribution in [0.3, 0.4) is 0 Å². The van der Waals surface area contributed by atoms with E-state index in [9.17, 15) is 9.59 Å². The number of thiocarbonyl (C=S) groups is 1. The Hall–Kier alpha value is -1.24. The molecule has 1 aromatic carbocycles. The molecule has 39 heavy (non-hydrogen) atoms. The number of esters is 1. The second-order valence-corrected chi connectivity index (χ2v) is 16.6. The number of rotatable bonds is 14. The second-order valence-electron chi connectivity index (χ2n) is 14.3. The number of hydrogen-bond donors (Lipinski definition) is 0. The Balaban J connectivity index is 3.26. The molecule has 0 N–H and O–H groups in total. The SMILES string of the molecule is CCCC(=O)C(C)(CC(C)(C)C(C)(C)C(=O)OC(C)(C)CCOC(C)(C)C)C(C)(C)SC(=S)c1ccccc1. The van der Waals surface area contributed by atoms with E-state index in [2.05, 4.69) is 34.6 Å². The highest BCUT2D eigenvalue weighted by Crippen LogP contribution is 2.55. The third-order valence-corrected chi connectivity index (χ3v) is 10.3. The molecule has 0 radical (unpaired) electrons. The van der Waals surface area contributed by atoms with Crippen molar-refractivity contribution in [3.8, 4) is 0 Å². The lowest BCUT2D eigenvalue weighted by atomic mass is 9.57.